The zero-order valence-corrected chi connectivity index (χ0v) is 14.4. The summed E-state index contributed by atoms with van der Waals surface area (Å²) >= 11 is 0. The summed E-state index contributed by atoms with van der Waals surface area (Å²) in [5, 5.41) is 11.1. The van der Waals surface area contributed by atoms with Crippen molar-refractivity contribution >= 4 is 17.3 Å². The van der Waals surface area contributed by atoms with Gasteiger partial charge >= 0.3 is 0 Å². The standard InChI is InChI=1S/C19H21N3O3/c1-12-8-13(2)10-15(9-12)17-4-3-7-21(17)19(23)14-5-6-16(20)18(11-14)22(24)25/h5-6,8-11,17H,3-4,7,20H2,1-2H3. The van der Waals surface area contributed by atoms with Crippen LogP contribution in [0, 0.1) is 24.0 Å². The van der Waals surface area contributed by atoms with Crippen molar-refractivity contribution in [1.82, 2.24) is 4.90 Å². The molecule has 2 aromatic rings. The van der Waals surface area contributed by atoms with Gasteiger partial charge in [0.2, 0.25) is 0 Å². The summed E-state index contributed by atoms with van der Waals surface area (Å²) in [6, 6.07) is 10.6. The van der Waals surface area contributed by atoms with Crippen LogP contribution in [0.1, 0.15) is 45.9 Å². The monoisotopic (exact) mass is 339 g/mol. The van der Waals surface area contributed by atoms with Gasteiger partial charge in [-0.25, -0.2) is 0 Å². The summed E-state index contributed by atoms with van der Waals surface area (Å²) in [6.07, 6.45) is 1.81. The molecule has 3 rings (SSSR count). The van der Waals surface area contributed by atoms with Crippen molar-refractivity contribution < 1.29 is 9.72 Å². The molecule has 2 N–H and O–H groups in total. The number of hydrogen-bond donors (Lipinski definition) is 1. The molecular weight excluding hydrogens is 318 g/mol. The molecule has 0 aromatic heterocycles. The smallest absolute Gasteiger partial charge is 0.292 e. The van der Waals surface area contributed by atoms with E-state index in [1.54, 1.807) is 6.07 Å². The van der Waals surface area contributed by atoms with Crippen molar-refractivity contribution in [3.8, 4) is 0 Å². The molecule has 1 saturated heterocycles. The summed E-state index contributed by atoms with van der Waals surface area (Å²) in [5.74, 6) is -0.190. The van der Waals surface area contributed by atoms with Crippen LogP contribution >= 0.6 is 0 Å². The Kier molecular flexibility index (Phi) is 4.44. The van der Waals surface area contributed by atoms with Gasteiger partial charge in [-0.1, -0.05) is 29.3 Å². The van der Waals surface area contributed by atoms with Gasteiger partial charge in [-0.15, -0.1) is 0 Å². The molecule has 1 amide bonds. The van der Waals surface area contributed by atoms with E-state index in [0.717, 1.165) is 29.5 Å². The quantitative estimate of drug-likeness (QED) is 0.523. The number of nitrogen functional groups attached to an aromatic ring is 1. The van der Waals surface area contributed by atoms with E-state index in [4.69, 9.17) is 5.73 Å². The molecule has 0 aliphatic carbocycles. The number of nitrogens with zero attached hydrogens (tertiary/aromatic N) is 2. The van der Waals surface area contributed by atoms with Gasteiger partial charge in [0, 0.05) is 18.2 Å². The molecule has 0 saturated carbocycles. The van der Waals surface area contributed by atoms with Crippen LogP contribution in [0.5, 0.6) is 0 Å². The second-order valence-corrected chi connectivity index (χ2v) is 6.61. The highest BCUT2D eigenvalue weighted by Crippen LogP contribution is 2.34. The third kappa shape index (κ3) is 3.33. The van der Waals surface area contributed by atoms with Gasteiger partial charge in [0.25, 0.3) is 11.6 Å². The average Bonchev–Trinajstić information content (AvgIpc) is 3.03. The Morgan fingerprint density at radius 2 is 1.88 bits per heavy atom. The maximum atomic E-state index is 12.9. The Hall–Kier alpha value is -2.89. The molecule has 1 heterocycles. The number of amides is 1. The third-order valence-corrected chi connectivity index (χ3v) is 4.62. The third-order valence-electron chi connectivity index (χ3n) is 4.62. The van der Waals surface area contributed by atoms with Crippen molar-refractivity contribution in [2.75, 3.05) is 12.3 Å². The highest BCUT2D eigenvalue weighted by molar-refractivity contribution is 5.96. The van der Waals surface area contributed by atoms with Crippen molar-refractivity contribution in [1.29, 1.82) is 0 Å². The van der Waals surface area contributed by atoms with Crippen LogP contribution < -0.4 is 5.73 Å². The number of nitro groups is 1. The predicted octanol–water partition coefficient (Wildman–Crippen LogP) is 3.77. The van der Waals surface area contributed by atoms with Crippen molar-refractivity contribution in [2.24, 2.45) is 0 Å². The molecule has 6 heteroatoms. The molecule has 1 unspecified atom stereocenters. The van der Waals surface area contributed by atoms with Gasteiger partial charge < -0.3 is 10.6 Å². The van der Waals surface area contributed by atoms with Gasteiger partial charge in [-0.2, -0.15) is 0 Å². The number of benzene rings is 2. The van der Waals surface area contributed by atoms with Crippen LogP contribution in [0.25, 0.3) is 0 Å². The largest absolute Gasteiger partial charge is 0.393 e. The van der Waals surface area contributed by atoms with E-state index in [9.17, 15) is 14.9 Å². The van der Waals surface area contributed by atoms with Gasteiger partial charge in [-0.05, 0) is 44.4 Å². The van der Waals surface area contributed by atoms with Gasteiger partial charge in [0.05, 0.1) is 11.0 Å². The first kappa shape index (κ1) is 17.0. The second-order valence-electron chi connectivity index (χ2n) is 6.61. The SMILES string of the molecule is Cc1cc(C)cc(C2CCCN2C(=O)c2ccc(N)c([N+](=O)[O-])c2)c1. The first-order valence-corrected chi connectivity index (χ1v) is 8.30. The molecule has 1 aliphatic heterocycles. The van der Waals surface area contributed by atoms with Crippen LogP contribution in [-0.4, -0.2) is 22.3 Å². The molecule has 1 aliphatic rings. The summed E-state index contributed by atoms with van der Waals surface area (Å²) in [6.45, 7) is 4.73. The number of carbonyl (C=O) groups is 1. The fraction of sp³-hybridized carbons (Fsp3) is 0.316. The number of rotatable bonds is 3. The lowest BCUT2D eigenvalue weighted by Gasteiger charge is -2.26. The lowest BCUT2D eigenvalue weighted by molar-refractivity contribution is -0.383. The fourth-order valence-electron chi connectivity index (χ4n) is 3.56. The summed E-state index contributed by atoms with van der Waals surface area (Å²) < 4.78 is 0. The Labute approximate surface area is 146 Å². The molecule has 6 nitrogen and oxygen atoms in total. The molecule has 2 aromatic carbocycles. The molecule has 0 spiro atoms. The highest BCUT2D eigenvalue weighted by Gasteiger charge is 2.31. The van der Waals surface area contributed by atoms with E-state index in [1.807, 2.05) is 18.7 Å². The topological polar surface area (TPSA) is 89.5 Å². The Morgan fingerprint density at radius 1 is 1.20 bits per heavy atom. The minimum atomic E-state index is -0.558. The Morgan fingerprint density at radius 3 is 2.52 bits per heavy atom. The Bertz CT molecular complexity index is 828. The van der Waals surface area contributed by atoms with Crippen molar-refractivity contribution in [2.45, 2.75) is 32.7 Å². The second kappa shape index (κ2) is 6.55. The molecule has 0 bridgehead atoms. The van der Waals surface area contributed by atoms with Crippen molar-refractivity contribution in [3.05, 3.63) is 68.8 Å². The number of nitrogens with two attached hydrogens (primary N) is 1. The minimum Gasteiger partial charge on any atom is -0.393 e. The lowest BCUT2D eigenvalue weighted by atomic mass is 9.99. The van der Waals surface area contributed by atoms with Crippen LogP contribution in [0.3, 0.4) is 0 Å². The maximum Gasteiger partial charge on any atom is 0.292 e. The minimum absolute atomic E-state index is 0.00251. The first-order chi connectivity index (χ1) is 11.9. The van der Waals surface area contributed by atoms with Crippen LogP contribution in [0.15, 0.2) is 36.4 Å². The van der Waals surface area contributed by atoms with Crippen LogP contribution in [-0.2, 0) is 0 Å². The molecule has 130 valence electrons. The predicted molar refractivity (Wildman–Crippen MR) is 96.4 cm³/mol. The zero-order chi connectivity index (χ0) is 18.1. The average molecular weight is 339 g/mol. The van der Waals surface area contributed by atoms with Gasteiger partial charge in [0.1, 0.15) is 5.69 Å². The van der Waals surface area contributed by atoms with Gasteiger partial charge in [0.15, 0.2) is 0 Å². The molecule has 0 radical (unpaired) electrons. The fourth-order valence-corrected chi connectivity index (χ4v) is 3.56. The highest BCUT2D eigenvalue weighted by atomic mass is 16.6. The normalized spacial score (nSPS) is 16.9. The molecule has 25 heavy (non-hydrogen) atoms. The Balaban J connectivity index is 1.93. The van der Waals surface area contributed by atoms with E-state index in [1.165, 1.54) is 12.1 Å². The summed E-state index contributed by atoms with van der Waals surface area (Å²) in [5.41, 5.74) is 9.21. The maximum absolute atomic E-state index is 12.9. The van der Waals surface area contributed by atoms with E-state index >= 15 is 0 Å². The molecular formula is C19H21N3O3. The van der Waals surface area contributed by atoms with Gasteiger partial charge in [-0.3, -0.25) is 14.9 Å². The lowest BCUT2D eigenvalue weighted by Crippen LogP contribution is -2.30. The number of aryl methyl sites for hydroxylation is 2. The molecule has 1 fully saturated rings. The van der Waals surface area contributed by atoms with Crippen LogP contribution in [0.4, 0.5) is 11.4 Å². The van der Waals surface area contributed by atoms with E-state index in [2.05, 4.69) is 18.2 Å². The zero-order valence-electron chi connectivity index (χ0n) is 14.4. The van der Waals surface area contributed by atoms with E-state index in [-0.39, 0.29) is 23.3 Å². The number of anilines is 1. The van der Waals surface area contributed by atoms with Crippen molar-refractivity contribution in [3.63, 3.8) is 0 Å². The first-order valence-electron chi connectivity index (χ1n) is 8.30. The summed E-state index contributed by atoms with van der Waals surface area (Å²) in [4.78, 5) is 25.3. The number of likely N-dealkylation sites (tertiary alicyclic amines) is 1. The van der Waals surface area contributed by atoms with E-state index < -0.39 is 4.92 Å². The van der Waals surface area contributed by atoms with E-state index in [0.29, 0.717) is 12.1 Å². The number of carbonyl (C=O) groups excluding carboxylic acids is 1. The molecule has 1 atom stereocenters. The van der Waals surface area contributed by atoms with Crippen LogP contribution in [0.2, 0.25) is 0 Å². The summed E-state index contributed by atoms with van der Waals surface area (Å²) in [7, 11) is 0. The number of hydrogen-bond acceptors (Lipinski definition) is 4. The number of nitro benzene ring substituents is 1.